The van der Waals surface area contributed by atoms with Crippen LogP contribution in [0.3, 0.4) is 0 Å². The molecular weight excluding hydrogens is 202 g/mol. The predicted octanol–water partition coefficient (Wildman–Crippen LogP) is 2.69. The second kappa shape index (κ2) is 5.66. The van der Waals surface area contributed by atoms with Gasteiger partial charge >= 0.3 is 0 Å². The molecule has 1 amide bonds. The molecule has 0 aliphatic carbocycles. The number of carbonyl (C=O) groups excluding carboxylic acids is 1. The van der Waals surface area contributed by atoms with E-state index in [1.807, 2.05) is 44.2 Å². The number of carbonyl (C=O) groups is 1. The minimum absolute atomic E-state index is 0.00282. The number of ether oxygens (including phenoxy) is 1. The Bertz CT molecular complexity index is 337. The summed E-state index contributed by atoms with van der Waals surface area (Å²) < 4.78 is 5.10. The Hall–Kier alpha value is -1.35. The van der Waals surface area contributed by atoms with E-state index >= 15 is 0 Å². The average molecular weight is 221 g/mol. The van der Waals surface area contributed by atoms with Crippen LogP contribution in [0.4, 0.5) is 5.69 Å². The van der Waals surface area contributed by atoms with Crippen molar-refractivity contribution in [3.05, 3.63) is 30.3 Å². The Morgan fingerprint density at radius 2 is 2.00 bits per heavy atom. The van der Waals surface area contributed by atoms with E-state index in [-0.39, 0.29) is 5.91 Å². The lowest BCUT2D eigenvalue weighted by atomic mass is 9.87. The quantitative estimate of drug-likeness (QED) is 0.830. The maximum absolute atomic E-state index is 12.1. The highest BCUT2D eigenvalue weighted by Crippen LogP contribution is 2.23. The fourth-order valence-corrected chi connectivity index (χ4v) is 1.45. The zero-order valence-corrected chi connectivity index (χ0v) is 10.1. The van der Waals surface area contributed by atoms with Crippen LogP contribution in [0.15, 0.2) is 30.3 Å². The summed E-state index contributed by atoms with van der Waals surface area (Å²) in [5.74, 6) is 0.00282. The third kappa shape index (κ3) is 3.07. The average Bonchev–Trinajstić information content (AvgIpc) is 2.30. The summed E-state index contributed by atoms with van der Waals surface area (Å²) in [5.41, 5.74) is 0.355. The first kappa shape index (κ1) is 12.7. The van der Waals surface area contributed by atoms with E-state index < -0.39 is 5.41 Å². The van der Waals surface area contributed by atoms with Crippen molar-refractivity contribution in [1.82, 2.24) is 0 Å². The van der Waals surface area contributed by atoms with Gasteiger partial charge in [-0.1, -0.05) is 25.1 Å². The van der Waals surface area contributed by atoms with Crippen molar-refractivity contribution in [2.75, 3.05) is 19.0 Å². The molecule has 0 aromatic heterocycles. The third-order valence-electron chi connectivity index (χ3n) is 2.82. The first-order chi connectivity index (χ1) is 7.62. The molecule has 3 nitrogen and oxygen atoms in total. The van der Waals surface area contributed by atoms with E-state index in [4.69, 9.17) is 4.74 Å². The lowest BCUT2D eigenvalue weighted by molar-refractivity contribution is -0.127. The lowest BCUT2D eigenvalue weighted by Crippen LogP contribution is -2.36. The Morgan fingerprint density at radius 1 is 1.38 bits per heavy atom. The number of hydrogen-bond acceptors (Lipinski definition) is 2. The zero-order chi connectivity index (χ0) is 12.0. The summed E-state index contributed by atoms with van der Waals surface area (Å²) in [6, 6.07) is 9.47. The molecule has 1 atom stereocenters. The highest BCUT2D eigenvalue weighted by atomic mass is 16.5. The van der Waals surface area contributed by atoms with Crippen LogP contribution in [0.1, 0.15) is 20.3 Å². The number of benzene rings is 1. The van der Waals surface area contributed by atoms with Gasteiger partial charge in [-0.25, -0.2) is 0 Å². The van der Waals surface area contributed by atoms with Crippen molar-refractivity contribution >= 4 is 11.6 Å². The van der Waals surface area contributed by atoms with Crippen LogP contribution in [0.2, 0.25) is 0 Å². The monoisotopic (exact) mass is 221 g/mol. The van der Waals surface area contributed by atoms with Gasteiger partial charge in [-0.3, -0.25) is 4.79 Å². The number of amides is 1. The highest BCUT2D eigenvalue weighted by molar-refractivity contribution is 5.95. The minimum atomic E-state index is -0.468. The third-order valence-corrected chi connectivity index (χ3v) is 2.82. The van der Waals surface area contributed by atoms with Crippen molar-refractivity contribution in [2.24, 2.45) is 5.41 Å². The maximum atomic E-state index is 12.1. The molecule has 1 aromatic rings. The molecule has 1 unspecified atom stereocenters. The van der Waals surface area contributed by atoms with Crippen LogP contribution >= 0.6 is 0 Å². The van der Waals surface area contributed by atoms with E-state index in [2.05, 4.69) is 5.32 Å². The molecule has 16 heavy (non-hydrogen) atoms. The smallest absolute Gasteiger partial charge is 0.232 e. The number of hydrogen-bond donors (Lipinski definition) is 1. The Labute approximate surface area is 96.8 Å². The van der Waals surface area contributed by atoms with Gasteiger partial charge < -0.3 is 10.1 Å². The first-order valence-electron chi connectivity index (χ1n) is 5.48. The van der Waals surface area contributed by atoms with Gasteiger partial charge in [0.15, 0.2) is 0 Å². The second-order valence-corrected chi connectivity index (χ2v) is 4.17. The van der Waals surface area contributed by atoms with E-state index in [1.54, 1.807) is 7.11 Å². The summed E-state index contributed by atoms with van der Waals surface area (Å²) in [7, 11) is 1.61. The predicted molar refractivity (Wildman–Crippen MR) is 65.3 cm³/mol. The van der Waals surface area contributed by atoms with Crippen LogP contribution < -0.4 is 5.32 Å². The summed E-state index contributed by atoms with van der Waals surface area (Å²) in [4.78, 5) is 12.1. The molecule has 0 spiro atoms. The zero-order valence-electron chi connectivity index (χ0n) is 10.1. The summed E-state index contributed by atoms with van der Waals surface area (Å²) >= 11 is 0. The van der Waals surface area contributed by atoms with Crippen LogP contribution in [0.25, 0.3) is 0 Å². The lowest BCUT2D eigenvalue weighted by Gasteiger charge is -2.25. The Morgan fingerprint density at radius 3 is 2.50 bits per heavy atom. The van der Waals surface area contributed by atoms with Gasteiger partial charge in [-0.2, -0.15) is 0 Å². The van der Waals surface area contributed by atoms with Crippen LogP contribution in [0.5, 0.6) is 0 Å². The molecule has 0 aliphatic heterocycles. The molecule has 1 rings (SSSR count). The van der Waals surface area contributed by atoms with E-state index in [0.717, 1.165) is 12.1 Å². The minimum Gasteiger partial charge on any atom is -0.384 e. The van der Waals surface area contributed by atoms with Crippen molar-refractivity contribution in [2.45, 2.75) is 20.3 Å². The Balaban J connectivity index is 2.70. The molecule has 0 saturated heterocycles. The van der Waals surface area contributed by atoms with Crippen molar-refractivity contribution in [1.29, 1.82) is 0 Å². The molecule has 0 aliphatic rings. The SMILES string of the molecule is CCC(C)(COC)C(=O)Nc1ccccc1. The topological polar surface area (TPSA) is 38.3 Å². The van der Waals surface area contributed by atoms with Crippen molar-refractivity contribution < 1.29 is 9.53 Å². The first-order valence-corrected chi connectivity index (χ1v) is 5.48. The van der Waals surface area contributed by atoms with Gasteiger partial charge in [0.05, 0.1) is 12.0 Å². The molecule has 0 radical (unpaired) electrons. The van der Waals surface area contributed by atoms with Crippen molar-refractivity contribution in [3.8, 4) is 0 Å². The molecule has 0 saturated carbocycles. The molecule has 0 fully saturated rings. The van der Waals surface area contributed by atoms with Crippen LogP contribution in [0, 0.1) is 5.41 Å². The maximum Gasteiger partial charge on any atom is 0.232 e. The summed E-state index contributed by atoms with van der Waals surface area (Å²) in [5, 5.41) is 2.90. The van der Waals surface area contributed by atoms with Gasteiger partial charge in [0.2, 0.25) is 5.91 Å². The van der Waals surface area contributed by atoms with E-state index in [1.165, 1.54) is 0 Å². The van der Waals surface area contributed by atoms with E-state index in [0.29, 0.717) is 6.61 Å². The number of methoxy groups -OCH3 is 1. The van der Waals surface area contributed by atoms with Gasteiger partial charge in [-0.15, -0.1) is 0 Å². The Kier molecular flexibility index (Phi) is 4.50. The standard InChI is InChI=1S/C13H19NO2/c1-4-13(2,10-16-3)12(15)14-11-8-6-5-7-9-11/h5-9H,4,10H2,1-3H3,(H,14,15). The largest absolute Gasteiger partial charge is 0.384 e. The molecule has 0 heterocycles. The fraction of sp³-hybridized carbons (Fsp3) is 0.462. The fourth-order valence-electron chi connectivity index (χ4n) is 1.45. The van der Waals surface area contributed by atoms with Gasteiger partial charge in [0.25, 0.3) is 0 Å². The van der Waals surface area contributed by atoms with Gasteiger partial charge in [-0.05, 0) is 25.5 Å². The normalized spacial score (nSPS) is 14.2. The highest BCUT2D eigenvalue weighted by Gasteiger charge is 2.31. The molecule has 88 valence electrons. The second-order valence-electron chi connectivity index (χ2n) is 4.17. The molecule has 1 aromatic carbocycles. The molecule has 3 heteroatoms. The van der Waals surface area contributed by atoms with Crippen molar-refractivity contribution in [3.63, 3.8) is 0 Å². The number of rotatable bonds is 5. The van der Waals surface area contributed by atoms with Gasteiger partial charge in [0, 0.05) is 12.8 Å². The number of nitrogens with one attached hydrogen (secondary N) is 1. The van der Waals surface area contributed by atoms with E-state index in [9.17, 15) is 4.79 Å². The summed E-state index contributed by atoms with van der Waals surface area (Å²) in [6.07, 6.45) is 0.750. The van der Waals surface area contributed by atoms with Crippen LogP contribution in [-0.2, 0) is 9.53 Å². The number of anilines is 1. The summed E-state index contributed by atoms with van der Waals surface area (Å²) in [6.45, 7) is 4.33. The van der Waals surface area contributed by atoms with Crippen LogP contribution in [-0.4, -0.2) is 19.6 Å². The molecule has 1 N–H and O–H groups in total. The molecular formula is C13H19NO2. The van der Waals surface area contributed by atoms with Gasteiger partial charge in [0.1, 0.15) is 0 Å². The molecule has 0 bridgehead atoms. The number of para-hydroxylation sites is 1.